The summed E-state index contributed by atoms with van der Waals surface area (Å²) in [5.41, 5.74) is 2.85. The first kappa shape index (κ1) is 18.5. The van der Waals surface area contributed by atoms with Crippen LogP contribution >= 0.6 is 24.0 Å². The van der Waals surface area contributed by atoms with Crippen molar-refractivity contribution in [1.82, 2.24) is 0 Å². The maximum Gasteiger partial charge on any atom is 0.270 e. The molecule has 0 spiro atoms. The summed E-state index contributed by atoms with van der Waals surface area (Å²) in [6.45, 7) is 2.11. The Balaban J connectivity index is 1.92. The van der Waals surface area contributed by atoms with E-state index < -0.39 is 0 Å². The highest BCUT2D eigenvalue weighted by Crippen LogP contribution is 2.41. The SMILES string of the molecule is CCc1ccc(/C=C2\SC(=S)N(c3ccc(OC)cc3OC)C2=O)cc1. The first-order valence-electron chi connectivity index (χ1n) is 8.16. The van der Waals surface area contributed by atoms with E-state index in [4.69, 9.17) is 21.7 Å². The fraction of sp³-hybridized carbons (Fsp3) is 0.200. The summed E-state index contributed by atoms with van der Waals surface area (Å²) in [6.07, 6.45) is 2.86. The molecule has 1 saturated heterocycles. The molecule has 6 heteroatoms. The average molecular weight is 386 g/mol. The van der Waals surface area contributed by atoms with Gasteiger partial charge in [-0.05, 0) is 35.8 Å². The van der Waals surface area contributed by atoms with E-state index in [-0.39, 0.29) is 5.91 Å². The smallest absolute Gasteiger partial charge is 0.270 e. The molecule has 1 aliphatic heterocycles. The van der Waals surface area contributed by atoms with Gasteiger partial charge in [0.05, 0.1) is 24.8 Å². The van der Waals surface area contributed by atoms with Crippen LogP contribution in [0.25, 0.3) is 6.08 Å². The van der Waals surface area contributed by atoms with Crippen molar-refractivity contribution in [1.29, 1.82) is 0 Å². The van der Waals surface area contributed by atoms with Crippen molar-refractivity contribution < 1.29 is 14.3 Å². The Morgan fingerprint density at radius 2 is 1.85 bits per heavy atom. The monoisotopic (exact) mass is 385 g/mol. The predicted octanol–water partition coefficient (Wildman–Crippen LogP) is 4.67. The maximum atomic E-state index is 12.9. The number of methoxy groups -OCH3 is 2. The summed E-state index contributed by atoms with van der Waals surface area (Å²) in [6, 6.07) is 13.5. The highest BCUT2D eigenvalue weighted by molar-refractivity contribution is 8.27. The van der Waals surface area contributed by atoms with Crippen LogP contribution in [-0.4, -0.2) is 24.4 Å². The van der Waals surface area contributed by atoms with Crippen molar-refractivity contribution in [2.24, 2.45) is 0 Å². The van der Waals surface area contributed by atoms with E-state index in [2.05, 4.69) is 19.1 Å². The average Bonchev–Trinajstić information content (AvgIpc) is 2.95. The van der Waals surface area contributed by atoms with E-state index in [0.29, 0.717) is 26.4 Å². The third-order valence-electron chi connectivity index (χ3n) is 4.11. The Morgan fingerprint density at radius 1 is 1.12 bits per heavy atom. The number of thioether (sulfide) groups is 1. The molecule has 0 aromatic heterocycles. The lowest BCUT2D eigenvalue weighted by Crippen LogP contribution is -2.27. The molecule has 0 aliphatic carbocycles. The molecule has 0 unspecified atom stereocenters. The number of nitrogens with zero attached hydrogens (tertiary/aromatic N) is 1. The van der Waals surface area contributed by atoms with Gasteiger partial charge in [0.2, 0.25) is 0 Å². The van der Waals surface area contributed by atoms with Crippen LogP contribution in [0.5, 0.6) is 11.5 Å². The zero-order valence-electron chi connectivity index (χ0n) is 14.8. The molecular formula is C20H19NO3S2. The summed E-state index contributed by atoms with van der Waals surface area (Å²) in [4.78, 5) is 15.0. The summed E-state index contributed by atoms with van der Waals surface area (Å²) in [7, 11) is 3.14. The summed E-state index contributed by atoms with van der Waals surface area (Å²) < 4.78 is 11.1. The molecule has 2 aromatic rings. The van der Waals surface area contributed by atoms with Gasteiger partial charge in [0.25, 0.3) is 5.91 Å². The number of carbonyl (C=O) groups is 1. The van der Waals surface area contributed by atoms with E-state index >= 15 is 0 Å². The number of rotatable bonds is 5. The molecule has 0 atom stereocenters. The van der Waals surface area contributed by atoms with Crippen molar-refractivity contribution in [3.8, 4) is 11.5 Å². The normalized spacial score (nSPS) is 15.7. The van der Waals surface area contributed by atoms with Crippen LogP contribution in [0.4, 0.5) is 5.69 Å². The number of aryl methyl sites for hydroxylation is 1. The molecule has 3 rings (SSSR count). The highest BCUT2D eigenvalue weighted by Gasteiger charge is 2.35. The topological polar surface area (TPSA) is 38.8 Å². The molecule has 1 amide bonds. The van der Waals surface area contributed by atoms with Gasteiger partial charge in [0.1, 0.15) is 11.5 Å². The number of anilines is 1. The maximum absolute atomic E-state index is 12.9. The second-order valence-electron chi connectivity index (χ2n) is 5.65. The quantitative estimate of drug-likeness (QED) is 0.552. The number of amides is 1. The number of carbonyl (C=O) groups excluding carboxylic acids is 1. The molecule has 1 heterocycles. The van der Waals surface area contributed by atoms with E-state index in [9.17, 15) is 4.79 Å². The second kappa shape index (κ2) is 7.93. The minimum Gasteiger partial charge on any atom is -0.497 e. The largest absolute Gasteiger partial charge is 0.497 e. The van der Waals surface area contributed by atoms with Gasteiger partial charge in [-0.3, -0.25) is 9.69 Å². The van der Waals surface area contributed by atoms with Gasteiger partial charge in [0, 0.05) is 6.07 Å². The number of hydrogen-bond donors (Lipinski definition) is 0. The van der Waals surface area contributed by atoms with Crippen LogP contribution in [0.1, 0.15) is 18.1 Å². The zero-order valence-corrected chi connectivity index (χ0v) is 16.4. The molecule has 134 valence electrons. The molecule has 0 radical (unpaired) electrons. The van der Waals surface area contributed by atoms with E-state index in [1.54, 1.807) is 32.4 Å². The van der Waals surface area contributed by atoms with Crippen LogP contribution in [0.15, 0.2) is 47.4 Å². The zero-order chi connectivity index (χ0) is 18.7. The van der Waals surface area contributed by atoms with E-state index in [1.165, 1.54) is 22.2 Å². The molecule has 0 bridgehead atoms. The first-order valence-corrected chi connectivity index (χ1v) is 9.38. The van der Waals surface area contributed by atoms with Crippen molar-refractivity contribution in [2.45, 2.75) is 13.3 Å². The molecule has 4 nitrogen and oxygen atoms in total. The van der Waals surface area contributed by atoms with Gasteiger partial charge < -0.3 is 9.47 Å². The Kier molecular flexibility index (Phi) is 5.64. The Hall–Kier alpha value is -2.31. The predicted molar refractivity (Wildman–Crippen MR) is 111 cm³/mol. The van der Waals surface area contributed by atoms with Crippen LogP contribution < -0.4 is 14.4 Å². The van der Waals surface area contributed by atoms with Gasteiger partial charge in [-0.25, -0.2) is 0 Å². The van der Waals surface area contributed by atoms with Crippen LogP contribution in [-0.2, 0) is 11.2 Å². The Labute approximate surface area is 162 Å². The van der Waals surface area contributed by atoms with E-state index in [1.807, 2.05) is 18.2 Å². The number of hydrogen-bond acceptors (Lipinski definition) is 5. The van der Waals surface area contributed by atoms with Gasteiger partial charge in [-0.15, -0.1) is 0 Å². The highest BCUT2D eigenvalue weighted by atomic mass is 32.2. The third-order valence-corrected chi connectivity index (χ3v) is 5.41. The van der Waals surface area contributed by atoms with Crippen molar-refractivity contribution in [2.75, 3.05) is 19.1 Å². The molecule has 26 heavy (non-hydrogen) atoms. The van der Waals surface area contributed by atoms with Crippen LogP contribution in [0, 0.1) is 0 Å². The minimum atomic E-state index is -0.150. The van der Waals surface area contributed by atoms with Crippen molar-refractivity contribution in [3.05, 3.63) is 58.5 Å². The van der Waals surface area contributed by atoms with Crippen molar-refractivity contribution >= 4 is 46.0 Å². The second-order valence-corrected chi connectivity index (χ2v) is 7.33. The number of thiocarbonyl (C=S) groups is 1. The lowest BCUT2D eigenvalue weighted by atomic mass is 10.1. The lowest BCUT2D eigenvalue weighted by Gasteiger charge is -2.18. The fourth-order valence-electron chi connectivity index (χ4n) is 2.65. The van der Waals surface area contributed by atoms with Gasteiger partial charge in [-0.1, -0.05) is 55.2 Å². The lowest BCUT2D eigenvalue weighted by molar-refractivity contribution is -0.113. The molecule has 1 aliphatic rings. The van der Waals surface area contributed by atoms with E-state index in [0.717, 1.165) is 12.0 Å². The Morgan fingerprint density at radius 3 is 2.46 bits per heavy atom. The first-order chi connectivity index (χ1) is 12.6. The number of benzene rings is 2. The minimum absolute atomic E-state index is 0.150. The molecule has 0 saturated carbocycles. The number of ether oxygens (including phenoxy) is 2. The van der Waals surface area contributed by atoms with Gasteiger partial charge in [0.15, 0.2) is 4.32 Å². The summed E-state index contributed by atoms with van der Waals surface area (Å²) in [5.74, 6) is 1.04. The van der Waals surface area contributed by atoms with Crippen LogP contribution in [0.2, 0.25) is 0 Å². The molecule has 0 N–H and O–H groups in total. The Bertz CT molecular complexity index is 875. The van der Waals surface area contributed by atoms with Gasteiger partial charge in [-0.2, -0.15) is 0 Å². The van der Waals surface area contributed by atoms with Crippen molar-refractivity contribution in [3.63, 3.8) is 0 Å². The fourth-order valence-corrected chi connectivity index (χ4v) is 3.93. The van der Waals surface area contributed by atoms with Crippen LogP contribution in [0.3, 0.4) is 0 Å². The molecule has 1 fully saturated rings. The van der Waals surface area contributed by atoms with Gasteiger partial charge >= 0.3 is 0 Å². The standard InChI is InChI=1S/C20H19NO3S2/c1-4-13-5-7-14(8-6-13)11-18-19(22)21(20(25)26-18)16-10-9-15(23-2)12-17(16)24-3/h5-12H,4H2,1-3H3/b18-11-. The molecular weight excluding hydrogens is 366 g/mol. The summed E-state index contributed by atoms with van der Waals surface area (Å²) in [5, 5.41) is 0. The summed E-state index contributed by atoms with van der Waals surface area (Å²) >= 11 is 6.73. The third kappa shape index (κ3) is 3.61. The molecule has 2 aromatic carbocycles.